The normalized spacial score (nSPS) is 29.9. The molecule has 0 saturated carbocycles. The van der Waals surface area contributed by atoms with Crippen molar-refractivity contribution in [3.8, 4) is 0 Å². The first-order valence-corrected chi connectivity index (χ1v) is 5.09. The standard InChI is InChI=1S/C8H16IN2/c1-3-4-5-10-6-7-11(2,9)8-10/h6-7H,3-5,8H2,1-2H3/q+1. The molecule has 0 aliphatic carbocycles. The number of hydrogen-bond acceptors (Lipinski definition) is 1. The molecular formula is C8H16IN2+. The van der Waals surface area contributed by atoms with E-state index in [1.807, 2.05) is 0 Å². The van der Waals surface area contributed by atoms with Crippen LogP contribution >= 0.6 is 22.9 Å². The largest absolute Gasteiger partial charge is 0.326 e. The van der Waals surface area contributed by atoms with Gasteiger partial charge in [-0.3, -0.25) is 0 Å². The maximum Gasteiger partial charge on any atom is 0.255 e. The predicted molar refractivity (Wildman–Crippen MR) is 55.8 cm³/mol. The molecule has 3 heteroatoms. The lowest BCUT2D eigenvalue weighted by Gasteiger charge is -2.20. The van der Waals surface area contributed by atoms with Crippen molar-refractivity contribution in [1.82, 2.24) is 4.90 Å². The highest BCUT2D eigenvalue weighted by Crippen LogP contribution is 2.20. The molecule has 1 heterocycles. The lowest BCUT2D eigenvalue weighted by molar-refractivity contribution is -0.674. The molecule has 1 rings (SSSR count). The second kappa shape index (κ2) is 3.76. The third-order valence-electron chi connectivity index (χ3n) is 1.85. The Morgan fingerprint density at radius 3 is 2.82 bits per heavy atom. The van der Waals surface area contributed by atoms with Crippen LogP contribution in [0.25, 0.3) is 0 Å². The van der Waals surface area contributed by atoms with E-state index in [0.717, 1.165) is 9.37 Å². The number of hydrogen-bond donors (Lipinski definition) is 0. The van der Waals surface area contributed by atoms with Gasteiger partial charge in [-0.2, -0.15) is 0 Å². The minimum Gasteiger partial charge on any atom is -0.326 e. The minimum absolute atomic E-state index is 0.974. The predicted octanol–water partition coefficient (Wildman–Crippen LogP) is 2.33. The summed E-state index contributed by atoms with van der Waals surface area (Å²) in [4.78, 5) is 2.38. The average Bonchev–Trinajstić information content (AvgIpc) is 2.26. The molecule has 64 valence electrons. The summed E-state index contributed by atoms with van der Waals surface area (Å²) in [6, 6.07) is 0. The second-order valence-corrected chi connectivity index (χ2v) is 5.45. The van der Waals surface area contributed by atoms with Crippen molar-refractivity contribution in [2.24, 2.45) is 0 Å². The number of halogens is 1. The van der Waals surface area contributed by atoms with Gasteiger partial charge >= 0.3 is 0 Å². The summed E-state index contributed by atoms with van der Waals surface area (Å²) in [5.41, 5.74) is 0. The highest BCUT2D eigenvalue weighted by atomic mass is 127. The lowest BCUT2D eigenvalue weighted by atomic mass is 10.3. The first kappa shape index (κ1) is 9.32. The highest BCUT2D eigenvalue weighted by Gasteiger charge is 2.23. The Morgan fingerprint density at radius 1 is 1.64 bits per heavy atom. The van der Waals surface area contributed by atoms with Crippen molar-refractivity contribution in [3.63, 3.8) is 0 Å². The monoisotopic (exact) mass is 267 g/mol. The average molecular weight is 267 g/mol. The quantitative estimate of drug-likeness (QED) is 0.560. The van der Waals surface area contributed by atoms with Gasteiger partial charge < -0.3 is 4.90 Å². The fourth-order valence-electron chi connectivity index (χ4n) is 1.19. The van der Waals surface area contributed by atoms with Gasteiger partial charge in [-0.25, -0.2) is 2.70 Å². The van der Waals surface area contributed by atoms with Crippen LogP contribution in [0.1, 0.15) is 19.8 Å². The molecule has 1 aliphatic heterocycles. The molecule has 0 aromatic carbocycles. The molecule has 0 aromatic heterocycles. The van der Waals surface area contributed by atoms with Gasteiger partial charge in [-0.1, -0.05) is 13.3 Å². The molecule has 2 nitrogen and oxygen atoms in total. The number of nitrogens with zero attached hydrogens (tertiary/aromatic N) is 2. The minimum atomic E-state index is 0.974. The fraction of sp³-hybridized carbons (Fsp3) is 0.750. The van der Waals surface area contributed by atoms with Crippen molar-refractivity contribution in [1.29, 1.82) is 0 Å². The van der Waals surface area contributed by atoms with E-state index in [1.165, 1.54) is 19.4 Å². The van der Waals surface area contributed by atoms with E-state index >= 15 is 0 Å². The van der Waals surface area contributed by atoms with Crippen LogP contribution in [0.2, 0.25) is 0 Å². The molecule has 0 radical (unpaired) electrons. The van der Waals surface area contributed by atoms with Crippen molar-refractivity contribution >= 4 is 22.9 Å². The van der Waals surface area contributed by atoms with Crippen LogP contribution in [-0.2, 0) is 0 Å². The lowest BCUT2D eigenvalue weighted by Crippen LogP contribution is -2.31. The first-order chi connectivity index (χ1) is 5.14. The molecule has 11 heavy (non-hydrogen) atoms. The van der Waals surface area contributed by atoms with Gasteiger partial charge in [-0.05, 0) is 6.42 Å². The van der Waals surface area contributed by atoms with E-state index in [0.29, 0.717) is 0 Å². The second-order valence-electron chi connectivity index (χ2n) is 3.25. The van der Waals surface area contributed by atoms with Crippen molar-refractivity contribution in [2.75, 3.05) is 20.3 Å². The summed E-state index contributed by atoms with van der Waals surface area (Å²) in [7, 11) is 2.21. The van der Waals surface area contributed by atoms with Gasteiger partial charge in [0.15, 0.2) is 6.67 Å². The SMILES string of the molecule is CCCCN1C=C[N+](C)(I)C1. The number of rotatable bonds is 3. The Balaban J connectivity index is 2.27. The Labute approximate surface area is 82.9 Å². The van der Waals surface area contributed by atoms with E-state index in [9.17, 15) is 0 Å². The van der Waals surface area contributed by atoms with E-state index in [1.54, 1.807) is 0 Å². The third kappa shape index (κ3) is 2.99. The number of quaternary nitrogens is 1. The van der Waals surface area contributed by atoms with Gasteiger partial charge in [0.25, 0.3) is 22.9 Å². The third-order valence-corrected chi connectivity index (χ3v) is 2.47. The molecule has 0 amide bonds. The summed E-state index contributed by atoms with van der Waals surface area (Å²) in [6.07, 6.45) is 7.04. The molecule has 0 aromatic rings. The van der Waals surface area contributed by atoms with Crippen LogP contribution in [0.5, 0.6) is 0 Å². The van der Waals surface area contributed by atoms with E-state index in [4.69, 9.17) is 0 Å². The molecule has 1 aliphatic rings. The number of unbranched alkanes of at least 4 members (excludes halogenated alkanes) is 1. The Kier molecular flexibility index (Phi) is 3.18. The summed E-state index contributed by atoms with van der Waals surface area (Å²) in [5.74, 6) is 0. The highest BCUT2D eigenvalue weighted by molar-refractivity contribution is 14.1. The van der Waals surface area contributed by atoms with Crippen LogP contribution in [0, 0.1) is 0 Å². The molecular weight excluding hydrogens is 251 g/mol. The first-order valence-electron chi connectivity index (χ1n) is 4.12. The van der Waals surface area contributed by atoms with Crippen LogP contribution < -0.4 is 0 Å². The fourth-order valence-corrected chi connectivity index (χ4v) is 1.72. The molecule has 1 atom stereocenters. The van der Waals surface area contributed by atoms with Gasteiger partial charge in [0.1, 0.15) is 6.20 Å². The molecule has 0 saturated heterocycles. The van der Waals surface area contributed by atoms with Gasteiger partial charge in [0, 0.05) is 6.54 Å². The Bertz CT molecular complexity index is 154. The molecule has 1 unspecified atom stereocenters. The molecule has 0 fully saturated rings. The summed E-state index contributed by atoms with van der Waals surface area (Å²) in [5, 5.41) is 0. The van der Waals surface area contributed by atoms with Crippen LogP contribution in [0.15, 0.2) is 12.4 Å². The zero-order valence-corrected chi connectivity index (χ0v) is 9.41. The molecule has 0 N–H and O–H groups in total. The maximum absolute atomic E-state index is 2.44. The van der Waals surface area contributed by atoms with Crippen LogP contribution in [-0.4, -0.2) is 27.9 Å². The summed E-state index contributed by atoms with van der Waals surface area (Å²) >= 11 is 2.44. The summed E-state index contributed by atoms with van der Waals surface area (Å²) in [6.45, 7) is 4.57. The van der Waals surface area contributed by atoms with E-state index < -0.39 is 0 Å². The van der Waals surface area contributed by atoms with Gasteiger partial charge in [0.2, 0.25) is 0 Å². The van der Waals surface area contributed by atoms with E-state index in [-0.39, 0.29) is 0 Å². The smallest absolute Gasteiger partial charge is 0.255 e. The summed E-state index contributed by atoms with van der Waals surface area (Å²) < 4.78 is 0.974. The maximum atomic E-state index is 2.44. The zero-order chi connectivity index (χ0) is 8.32. The van der Waals surface area contributed by atoms with Crippen LogP contribution in [0.4, 0.5) is 0 Å². The van der Waals surface area contributed by atoms with Gasteiger partial charge in [-0.15, -0.1) is 0 Å². The molecule has 0 spiro atoms. The molecule has 0 bridgehead atoms. The van der Waals surface area contributed by atoms with Crippen LogP contribution in [0.3, 0.4) is 0 Å². The van der Waals surface area contributed by atoms with E-state index in [2.05, 4.69) is 54.1 Å². The topological polar surface area (TPSA) is 3.24 Å². The van der Waals surface area contributed by atoms with Crippen molar-refractivity contribution in [2.45, 2.75) is 19.8 Å². The van der Waals surface area contributed by atoms with Crippen molar-refractivity contribution in [3.05, 3.63) is 12.4 Å². The Hall–Kier alpha value is 0.230. The van der Waals surface area contributed by atoms with Crippen molar-refractivity contribution < 1.29 is 2.70 Å². The van der Waals surface area contributed by atoms with Gasteiger partial charge in [0.05, 0.1) is 13.2 Å². The Morgan fingerprint density at radius 2 is 2.36 bits per heavy atom. The zero-order valence-electron chi connectivity index (χ0n) is 7.26.